The molecule has 1 saturated heterocycles. The molecule has 0 spiro atoms. The molecule has 0 aliphatic carbocycles. The van der Waals surface area contributed by atoms with Gasteiger partial charge in [0.2, 0.25) is 0 Å². The van der Waals surface area contributed by atoms with E-state index in [1.807, 2.05) is 57.2 Å². The standard InChI is InChI=1S/C30H32FN4O3P.C2H6/c1-20-24(30(36)35-14-5-8-27(29(35)32-20)38-19-21-6-3-2-4-7-21)13-17-34-15-11-22(12-16-34)28(33-37)25-10-9-23(39)18-26(25)31;1-2/h2-10,14,18,22,37H,11-13,15-17,19,39H2,1H3;1-2H3/b33-28-;. The molecule has 2 aromatic heterocycles. The van der Waals surface area contributed by atoms with Gasteiger partial charge in [0, 0.05) is 35.5 Å². The highest BCUT2D eigenvalue weighted by molar-refractivity contribution is 7.27. The Balaban J connectivity index is 0.00000189. The number of likely N-dealkylation sites (tertiary alicyclic amines) is 1. The van der Waals surface area contributed by atoms with Gasteiger partial charge in [-0.05, 0) is 74.4 Å². The fourth-order valence-corrected chi connectivity index (χ4v) is 5.45. The molecule has 1 unspecified atom stereocenters. The zero-order chi connectivity index (χ0) is 29.4. The van der Waals surface area contributed by atoms with Crippen LogP contribution in [-0.2, 0) is 13.0 Å². The van der Waals surface area contributed by atoms with Crippen LogP contribution >= 0.6 is 9.24 Å². The molecule has 5 rings (SSSR count). The molecule has 1 fully saturated rings. The van der Waals surface area contributed by atoms with Gasteiger partial charge in [0.25, 0.3) is 5.56 Å². The number of aromatic nitrogens is 2. The second kappa shape index (κ2) is 14.3. The minimum absolute atomic E-state index is 0.0277. The third-order valence-electron chi connectivity index (χ3n) is 7.38. The maximum atomic E-state index is 14.5. The summed E-state index contributed by atoms with van der Waals surface area (Å²) >= 11 is 0. The molecule has 3 heterocycles. The average molecular weight is 577 g/mol. The van der Waals surface area contributed by atoms with Gasteiger partial charge in [0.05, 0.1) is 5.71 Å². The van der Waals surface area contributed by atoms with Crippen LogP contribution in [-0.4, -0.2) is 44.8 Å². The number of pyridine rings is 1. The van der Waals surface area contributed by atoms with E-state index < -0.39 is 0 Å². The number of rotatable bonds is 8. The number of oxime groups is 1. The first-order valence-electron chi connectivity index (χ1n) is 14.1. The summed E-state index contributed by atoms with van der Waals surface area (Å²) in [5.74, 6) is 0.159. The van der Waals surface area contributed by atoms with Crippen molar-refractivity contribution in [3.8, 4) is 5.75 Å². The highest BCUT2D eigenvalue weighted by atomic mass is 31.0. The number of benzene rings is 2. The maximum absolute atomic E-state index is 14.5. The van der Waals surface area contributed by atoms with Crippen LogP contribution in [0.1, 0.15) is 49.1 Å². The Morgan fingerprint density at radius 1 is 1.12 bits per heavy atom. The maximum Gasteiger partial charge on any atom is 0.261 e. The Morgan fingerprint density at radius 2 is 1.85 bits per heavy atom. The van der Waals surface area contributed by atoms with E-state index in [9.17, 15) is 14.4 Å². The van der Waals surface area contributed by atoms with Gasteiger partial charge in [-0.2, -0.15) is 0 Å². The summed E-state index contributed by atoms with van der Waals surface area (Å²) in [6, 6.07) is 18.4. The fourth-order valence-electron chi connectivity index (χ4n) is 5.21. The predicted molar refractivity (Wildman–Crippen MR) is 165 cm³/mol. The Hall–Kier alpha value is -3.61. The normalized spacial score (nSPS) is 14.5. The second-order valence-corrected chi connectivity index (χ2v) is 10.6. The topological polar surface area (TPSA) is 79.4 Å². The third-order valence-corrected chi connectivity index (χ3v) is 7.74. The SMILES string of the molecule is CC.Cc1nc2c(OCc3ccccc3)cccn2c(=O)c1CCN1CCC(/C(=N/O)c2ccc(P)cc2F)CC1. The monoisotopic (exact) mass is 576 g/mol. The van der Waals surface area contributed by atoms with Crippen LogP contribution in [0.15, 0.2) is 76.8 Å². The van der Waals surface area contributed by atoms with E-state index >= 15 is 0 Å². The van der Waals surface area contributed by atoms with Gasteiger partial charge in [0.15, 0.2) is 11.4 Å². The molecule has 4 aromatic rings. The van der Waals surface area contributed by atoms with Crippen molar-refractivity contribution in [1.82, 2.24) is 14.3 Å². The molecule has 0 radical (unpaired) electrons. The largest absolute Gasteiger partial charge is 0.485 e. The molecule has 41 heavy (non-hydrogen) atoms. The van der Waals surface area contributed by atoms with E-state index in [1.54, 1.807) is 28.8 Å². The van der Waals surface area contributed by atoms with E-state index in [1.165, 1.54) is 6.07 Å². The summed E-state index contributed by atoms with van der Waals surface area (Å²) in [4.78, 5) is 20.4. The molecule has 9 heteroatoms. The van der Waals surface area contributed by atoms with Crippen LogP contribution in [0.3, 0.4) is 0 Å². The number of aryl methyl sites for hydroxylation is 1. The van der Waals surface area contributed by atoms with Crippen LogP contribution in [0.2, 0.25) is 0 Å². The van der Waals surface area contributed by atoms with Crippen LogP contribution in [0.4, 0.5) is 4.39 Å². The molecule has 1 N–H and O–H groups in total. The Morgan fingerprint density at radius 3 is 2.54 bits per heavy atom. The molecule has 0 saturated carbocycles. The predicted octanol–water partition coefficient (Wildman–Crippen LogP) is 5.38. The molecule has 216 valence electrons. The molecular weight excluding hydrogens is 538 g/mol. The molecule has 0 amide bonds. The quantitative estimate of drug-likeness (QED) is 0.132. The first kappa shape index (κ1) is 30.4. The minimum Gasteiger partial charge on any atom is -0.485 e. The molecular formula is C32H38FN4O3P. The van der Waals surface area contributed by atoms with Crippen molar-refractivity contribution in [3.63, 3.8) is 0 Å². The Kier molecular flexibility index (Phi) is 10.6. The van der Waals surface area contributed by atoms with Crippen molar-refractivity contribution in [1.29, 1.82) is 0 Å². The van der Waals surface area contributed by atoms with Crippen molar-refractivity contribution in [2.24, 2.45) is 11.1 Å². The number of ether oxygens (including phenoxy) is 1. The van der Waals surface area contributed by atoms with E-state index in [2.05, 4.69) is 19.3 Å². The summed E-state index contributed by atoms with van der Waals surface area (Å²) in [6.45, 7) is 8.52. The number of halogens is 1. The highest BCUT2D eigenvalue weighted by Gasteiger charge is 2.27. The molecule has 0 bridgehead atoms. The number of piperidine rings is 1. The molecule has 7 nitrogen and oxygen atoms in total. The molecule has 1 aliphatic heterocycles. The lowest BCUT2D eigenvalue weighted by molar-refractivity contribution is 0.208. The van der Waals surface area contributed by atoms with E-state index in [0.717, 1.165) is 36.8 Å². The van der Waals surface area contributed by atoms with Crippen LogP contribution in [0.25, 0.3) is 5.65 Å². The second-order valence-electron chi connectivity index (χ2n) is 9.91. The lowest BCUT2D eigenvalue weighted by atomic mass is 9.88. The number of fused-ring (bicyclic) bond motifs is 1. The zero-order valence-corrected chi connectivity index (χ0v) is 25.0. The van der Waals surface area contributed by atoms with Crippen LogP contribution < -0.4 is 15.6 Å². The first-order chi connectivity index (χ1) is 19.9. The van der Waals surface area contributed by atoms with Crippen molar-refractivity contribution in [2.45, 2.75) is 46.6 Å². The highest BCUT2D eigenvalue weighted by Crippen LogP contribution is 2.25. The van der Waals surface area contributed by atoms with Gasteiger partial charge in [0.1, 0.15) is 12.4 Å². The van der Waals surface area contributed by atoms with Gasteiger partial charge in [-0.15, -0.1) is 9.24 Å². The van der Waals surface area contributed by atoms with Crippen LogP contribution in [0, 0.1) is 18.7 Å². The fraction of sp³-hybridized carbons (Fsp3) is 0.344. The number of nitrogens with zero attached hydrogens (tertiary/aromatic N) is 4. The van der Waals surface area contributed by atoms with Crippen molar-refractivity contribution in [3.05, 3.63) is 105 Å². The van der Waals surface area contributed by atoms with Gasteiger partial charge >= 0.3 is 0 Å². The number of hydrogen-bond donors (Lipinski definition) is 1. The van der Waals surface area contributed by atoms with Crippen molar-refractivity contribution >= 4 is 25.9 Å². The van der Waals surface area contributed by atoms with Gasteiger partial charge < -0.3 is 14.8 Å². The lowest BCUT2D eigenvalue weighted by Crippen LogP contribution is -2.38. The summed E-state index contributed by atoms with van der Waals surface area (Å²) in [7, 11) is 2.47. The first-order valence-corrected chi connectivity index (χ1v) is 14.7. The Bertz CT molecular complexity index is 1550. The summed E-state index contributed by atoms with van der Waals surface area (Å²) < 4.78 is 22.1. The average Bonchev–Trinajstić information content (AvgIpc) is 2.99. The molecule has 1 atom stereocenters. The van der Waals surface area contributed by atoms with E-state index in [0.29, 0.717) is 53.5 Å². The summed E-state index contributed by atoms with van der Waals surface area (Å²) in [6.07, 6.45) is 3.80. The van der Waals surface area contributed by atoms with Gasteiger partial charge in [-0.25, -0.2) is 9.37 Å². The lowest BCUT2D eigenvalue weighted by Gasteiger charge is -2.32. The number of hydrogen-bond acceptors (Lipinski definition) is 6. The van der Waals surface area contributed by atoms with E-state index in [-0.39, 0.29) is 17.3 Å². The molecule has 2 aromatic carbocycles. The molecule has 1 aliphatic rings. The van der Waals surface area contributed by atoms with E-state index in [4.69, 9.17) is 9.72 Å². The third kappa shape index (κ3) is 7.19. The van der Waals surface area contributed by atoms with Gasteiger partial charge in [-0.1, -0.05) is 55.4 Å². The minimum atomic E-state index is -0.383. The Labute approximate surface area is 242 Å². The zero-order valence-electron chi connectivity index (χ0n) is 23.9. The van der Waals surface area contributed by atoms with Crippen LogP contribution in [0.5, 0.6) is 5.75 Å². The van der Waals surface area contributed by atoms with Gasteiger partial charge in [-0.3, -0.25) is 9.20 Å². The van der Waals surface area contributed by atoms with Crippen molar-refractivity contribution < 1.29 is 14.3 Å². The summed E-state index contributed by atoms with van der Waals surface area (Å²) in [5, 5.41) is 13.9. The van der Waals surface area contributed by atoms with Crippen molar-refractivity contribution in [2.75, 3.05) is 19.6 Å². The summed E-state index contributed by atoms with van der Waals surface area (Å²) in [5.41, 5.74) is 3.61. The smallest absolute Gasteiger partial charge is 0.261 e.